The molecule has 1 aromatic carbocycles. The Hall–Kier alpha value is -2.58. The van der Waals surface area contributed by atoms with Crippen LogP contribution in [0.3, 0.4) is 0 Å². The summed E-state index contributed by atoms with van der Waals surface area (Å²) >= 11 is 0. The number of methoxy groups -OCH3 is 2. The minimum atomic E-state index is -0.153. The Morgan fingerprint density at radius 1 is 1.31 bits per heavy atom. The molecule has 1 amide bonds. The van der Waals surface area contributed by atoms with Gasteiger partial charge in [-0.1, -0.05) is 6.07 Å². The van der Waals surface area contributed by atoms with Crippen LogP contribution in [0.5, 0.6) is 11.5 Å². The van der Waals surface area contributed by atoms with E-state index in [1.807, 2.05) is 16.8 Å². The van der Waals surface area contributed by atoms with Crippen molar-refractivity contribution in [2.75, 3.05) is 27.4 Å². The van der Waals surface area contributed by atoms with Gasteiger partial charge in [-0.2, -0.15) is 5.10 Å². The predicted molar refractivity (Wildman–Crippen MR) is 94.7 cm³/mol. The number of carbonyl (C=O) groups is 1. The average Bonchev–Trinajstić information content (AvgIpc) is 3.03. The van der Waals surface area contributed by atoms with Crippen LogP contribution in [0.1, 0.15) is 17.0 Å². The number of amides is 1. The monoisotopic (exact) mass is 360 g/mol. The molecule has 2 N–H and O–H groups in total. The van der Waals surface area contributed by atoms with Crippen molar-refractivity contribution in [1.29, 1.82) is 0 Å². The largest absolute Gasteiger partial charge is 0.504 e. The SMILES string of the molecule is COCC(=O)NCc1cc2n(n1)CCN(Cc1ccc(OC)c(O)c1)C2. The average molecular weight is 360 g/mol. The molecule has 1 aliphatic rings. The van der Waals surface area contributed by atoms with Crippen LogP contribution < -0.4 is 10.1 Å². The van der Waals surface area contributed by atoms with E-state index in [9.17, 15) is 9.90 Å². The lowest BCUT2D eigenvalue weighted by atomic mass is 10.1. The Balaban J connectivity index is 1.59. The van der Waals surface area contributed by atoms with Crippen molar-refractivity contribution in [2.24, 2.45) is 0 Å². The van der Waals surface area contributed by atoms with Gasteiger partial charge in [-0.3, -0.25) is 14.4 Å². The smallest absolute Gasteiger partial charge is 0.246 e. The highest BCUT2D eigenvalue weighted by molar-refractivity contribution is 5.77. The topological polar surface area (TPSA) is 88.9 Å². The van der Waals surface area contributed by atoms with Gasteiger partial charge in [0.1, 0.15) is 6.61 Å². The van der Waals surface area contributed by atoms with Crippen LogP contribution in [0.2, 0.25) is 0 Å². The molecular formula is C18H24N4O4. The fourth-order valence-corrected chi connectivity index (χ4v) is 3.06. The van der Waals surface area contributed by atoms with Gasteiger partial charge in [-0.25, -0.2) is 0 Å². The number of fused-ring (bicyclic) bond motifs is 1. The molecule has 3 rings (SSSR count). The number of hydrogen-bond donors (Lipinski definition) is 2. The van der Waals surface area contributed by atoms with E-state index in [0.717, 1.165) is 43.1 Å². The van der Waals surface area contributed by atoms with Gasteiger partial charge in [0.2, 0.25) is 5.91 Å². The van der Waals surface area contributed by atoms with E-state index >= 15 is 0 Å². The van der Waals surface area contributed by atoms with E-state index in [0.29, 0.717) is 12.3 Å². The molecule has 0 fully saturated rings. The summed E-state index contributed by atoms with van der Waals surface area (Å²) in [5.74, 6) is 0.478. The van der Waals surface area contributed by atoms with Crippen molar-refractivity contribution < 1.29 is 19.4 Å². The van der Waals surface area contributed by atoms with E-state index in [-0.39, 0.29) is 18.3 Å². The van der Waals surface area contributed by atoms with Crippen molar-refractivity contribution in [3.63, 3.8) is 0 Å². The highest BCUT2D eigenvalue weighted by Gasteiger charge is 2.19. The molecule has 0 saturated carbocycles. The van der Waals surface area contributed by atoms with Crippen LogP contribution in [0.15, 0.2) is 24.3 Å². The molecule has 1 aliphatic heterocycles. The summed E-state index contributed by atoms with van der Waals surface area (Å²) in [7, 11) is 3.03. The number of nitrogens with one attached hydrogen (secondary N) is 1. The molecule has 0 bridgehead atoms. The number of hydrogen-bond acceptors (Lipinski definition) is 6. The van der Waals surface area contributed by atoms with Crippen molar-refractivity contribution in [3.8, 4) is 11.5 Å². The highest BCUT2D eigenvalue weighted by atomic mass is 16.5. The molecule has 2 aromatic rings. The Labute approximate surface area is 152 Å². The maximum atomic E-state index is 11.5. The molecule has 26 heavy (non-hydrogen) atoms. The van der Waals surface area contributed by atoms with Gasteiger partial charge >= 0.3 is 0 Å². The Morgan fingerprint density at radius 3 is 2.88 bits per heavy atom. The number of nitrogens with zero attached hydrogens (tertiary/aromatic N) is 3. The van der Waals surface area contributed by atoms with Crippen molar-refractivity contribution in [3.05, 3.63) is 41.2 Å². The van der Waals surface area contributed by atoms with Crippen LogP contribution in [-0.4, -0.2) is 53.1 Å². The maximum Gasteiger partial charge on any atom is 0.246 e. The lowest BCUT2D eigenvalue weighted by Crippen LogP contribution is -2.33. The highest BCUT2D eigenvalue weighted by Crippen LogP contribution is 2.27. The second-order valence-electron chi connectivity index (χ2n) is 6.28. The molecule has 0 unspecified atom stereocenters. The zero-order chi connectivity index (χ0) is 18.5. The number of aromatic nitrogens is 2. The van der Waals surface area contributed by atoms with Crippen molar-refractivity contribution in [1.82, 2.24) is 20.0 Å². The maximum absolute atomic E-state index is 11.5. The first kappa shape index (κ1) is 18.2. The third kappa shape index (κ3) is 4.33. The summed E-state index contributed by atoms with van der Waals surface area (Å²) < 4.78 is 11.9. The molecule has 0 saturated heterocycles. The number of benzene rings is 1. The number of rotatable bonds is 7. The molecular weight excluding hydrogens is 336 g/mol. The van der Waals surface area contributed by atoms with Crippen LogP contribution in [-0.2, 0) is 35.7 Å². The zero-order valence-corrected chi connectivity index (χ0v) is 15.1. The Bertz CT molecular complexity index is 775. The van der Waals surface area contributed by atoms with Gasteiger partial charge in [0.15, 0.2) is 11.5 Å². The fraction of sp³-hybridized carbons (Fsp3) is 0.444. The van der Waals surface area contributed by atoms with E-state index in [1.165, 1.54) is 14.2 Å². The summed E-state index contributed by atoms with van der Waals surface area (Å²) in [6.07, 6.45) is 0. The summed E-state index contributed by atoms with van der Waals surface area (Å²) in [6.45, 7) is 3.62. The second kappa shape index (κ2) is 8.20. The van der Waals surface area contributed by atoms with E-state index in [4.69, 9.17) is 9.47 Å². The van der Waals surface area contributed by atoms with Gasteiger partial charge < -0.3 is 19.9 Å². The molecule has 1 aromatic heterocycles. The number of carbonyl (C=O) groups excluding carboxylic acids is 1. The fourth-order valence-electron chi connectivity index (χ4n) is 3.06. The minimum absolute atomic E-state index is 0.0516. The van der Waals surface area contributed by atoms with Crippen LogP contribution in [0.4, 0.5) is 0 Å². The normalized spacial score (nSPS) is 14.1. The first-order chi connectivity index (χ1) is 12.6. The first-order valence-electron chi connectivity index (χ1n) is 8.48. The van der Waals surface area contributed by atoms with Crippen LogP contribution >= 0.6 is 0 Å². The quantitative estimate of drug-likeness (QED) is 0.762. The van der Waals surface area contributed by atoms with Gasteiger partial charge in [0, 0.05) is 26.7 Å². The predicted octanol–water partition coefficient (Wildman–Crippen LogP) is 0.876. The summed E-state index contributed by atoms with van der Waals surface area (Å²) in [6, 6.07) is 7.49. The minimum Gasteiger partial charge on any atom is -0.504 e. The number of ether oxygens (including phenoxy) is 2. The van der Waals surface area contributed by atoms with Crippen molar-refractivity contribution in [2.45, 2.75) is 26.2 Å². The number of phenols is 1. The van der Waals surface area contributed by atoms with Gasteiger partial charge in [0.25, 0.3) is 0 Å². The summed E-state index contributed by atoms with van der Waals surface area (Å²) in [4.78, 5) is 13.8. The summed E-state index contributed by atoms with van der Waals surface area (Å²) in [5, 5.41) is 17.2. The molecule has 8 heteroatoms. The lowest BCUT2D eigenvalue weighted by molar-refractivity contribution is -0.124. The van der Waals surface area contributed by atoms with Crippen molar-refractivity contribution >= 4 is 5.91 Å². The molecule has 0 aliphatic carbocycles. The number of phenolic OH excluding ortho intramolecular Hbond substituents is 1. The molecule has 0 spiro atoms. The van der Waals surface area contributed by atoms with Gasteiger partial charge in [-0.05, 0) is 23.8 Å². The van der Waals surface area contributed by atoms with E-state index < -0.39 is 0 Å². The van der Waals surface area contributed by atoms with Crippen LogP contribution in [0.25, 0.3) is 0 Å². The molecule has 0 radical (unpaired) electrons. The van der Waals surface area contributed by atoms with Gasteiger partial charge in [0.05, 0.1) is 31.6 Å². The number of aromatic hydroxyl groups is 1. The summed E-state index contributed by atoms with van der Waals surface area (Å²) in [5.41, 5.74) is 2.99. The molecule has 2 heterocycles. The van der Waals surface area contributed by atoms with E-state index in [1.54, 1.807) is 12.1 Å². The lowest BCUT2D eigenvalue weighted by Gasteiger charge is -2.27. The standard InChI is InChI=1S/C18H24N4O4/c1-25-12-18(24)19-9-14-8-15-11-21(5-6-22(15)20-14)10-13-3-4-17(26-2)16(23)7-13/h3-4,7-8,23H,5-6,9-12H2,1-2H3,(H,19,24). The molecule has 8 nitrogen and oxygen atoms in total. The van der Waals surface area contributed by atoms with E-state index in [2.05, 4.69) is 15.3 Å². The molecule has 140 valence electrons. The Kier molecular flexibility index (Phi) is 5.75. The van der Waals surface area contributed by atoms with Crippen LogP contribution in [0, 0.1) is 0 Å². The molecule has 0 atom stereocenters. The third-order valence-electron chi connectivity index (χ3n) is 4.32. The third-order valence-corrected chi connectivity index (χ3v) is 4.32. The van der Waals surface area contributed by atoms with Gasteiger partial charge in [-0.15, -0.1) is 0 Å². The first-order valence-corrected chi connectivity index (χ1v) is 8.48. The second-order valence-corrected chi connectivity index (χ2v) is 6.28. The Morgan fingerprint density at radius 2 is 2.15 bits per heavy atom. The zero-order valence-electron chi connectivity index (χ0n) is 15.1.